The van der Waals surface area contributed by atoms with E-state index in [1.165, 1.54) is 0 Å². The second kappa shape index (κ2) is 9.39. The van der Waals surface area contributed by atoms with E-state index >= 15 is 0 Å². The molecule has 2 N–H and O–H groups in total. The molecule has 9 nitrogen and oxygen atoms in total. The summed E-state index contributed by atoms with van der Waals surface area (Å²) in [6.07, 6.45) is 2.92. The number of rotatable bonds is 5. The summed E-state index contributed by atoms with van der Waals surface area (Å²) in [5, 5.41) is 0. The van der Waals surface area contributed by atoms with Gasteiger partial charge in [-0.2, -0.15) is 4.98 Å². The van der Waals surface area contributed by atoms with Crippen molar-refractivity contribution in [3.8, 4) is 17.6 Å². The molecule has 2 aromatic rings. The maximum atomic E-state index is 14.0. The highest BCUT2D eigenvalue weighted by molar-refractivity contribution is 6.17. The molecule has 178 valence electrons. The first-order chi connectivity index (χ1) is 16.6. The lowest BCUT2D eigenvalue weighted by Crippen LogP contribution is -2.54. The van der Waals surface area contributed by atoms with Crippen LogP contribution in [0.3, 0.4) is 0 Å². The Hall–Kier alpha value is -3.51. The van der Waals surface area contributed by atoms with E-state index in [1.807, 2.05) is 35.8 Å². The van der Waals surface area contributed by atoms with Crippen LogP contribution in [0.1, 0.15) is 42.2 Å². The number of aromatic nitrogens is 2. The predicted molar refractivity (Wildman–Crippen MR) is 132 cm³/mol. The average Bonchev–Trinajstić information content (AvgIpc) is 3.25. The number of guanidine groups is 1. The fourth-order valence-electron chi connectivity index (χ4n) is 4.87. The van der Waals surface area contributed by atoms with Crippen molar-refractivity contribution in [2.45, 2.75) is 45.3 Å². The Bertz CT molecular complexity index is 1160. The maximum absolute atomic E-state index is 14.0. The molecule has 1 fully saturated rings. The Labute approximate surface area is 200 Å². The molecule has 3 aliphatic heterocycles. The normalized spacial score (nSPS) is 19.7. The molecule has 34 heavy (non-hydrogen) atoms. The lowest BCUT2D eigenvalue weighted by Gasteiger charge is -2.38. The van der Waals surface area contributed by atoms with Gasteiger partial charge in [0, 0.05) is 32.2 Å². The predicted octanol–water partition coefficient (Wildman–Crippen LogP) is 2.06. The van der Waals surface area contributed by atoms with E-state index < -0.39 is 0 Å². The Balaban J connectivity index is 1.58. The number of fused-ring (bicyclic) bond motifs is 3. The van der Waals surface area contributed by atoms with E-state index in [2.05, 4.69) is 21.6 Å². The molecule has 1 amide bonds. The molecular formula is C25H31N7O2. The van der Waals surface area contributed by atoms with Gasteiger partial charge in [0.05, 0.1) is 20.2 Å². The van der Waals surface area contributed by atoms with Gasteiger partial charge >= 0.3 is 0 Å². The fraction of sp³-hybridized carbons (Fsp3) is 0.480. The maximum Gasteiger partial charge on any atom is 0.281 e. The van der Waals surface area contributed by atoms with Crippen molar-refractivity contribution in [1.82, 2.24) is 14.5 Å². The van der Waals surface area contributed by atoms with Crippen LogP contribution < -0.4 is 20.3 Å². The lowest BCUT2D eigenvalue weighted by molar-refractivity contribution is 0.0821. The third-order valence-electron chi connectivity index (χ3n) is 6.56. The van der Waals surface area contributed by atoms with Gasteiger partial charge in [0.15, 0.2) is 11.5 Å². The highest BCUT2D eigenvalue weighted by Crippen LogP contribution is 2.35. The van der Waals surface area contributed by atoms with Gasteiger partial charge in [0.2, 0.25) is 11.9 Å². The number of piperidine rings is 1. The number of amides is 1. The molecular weight excluding hydrogens is 430 g/mol. The van der Waals surface area contributed by atoms with E-state index in [9.17, 15) is 4.79 Å². The van der Waals surface area contributed by atoms with Crippen molar-refractivity contribution in [1.29, 1.82) is 0 Å². The minimum Gasteiger partial charge on any atom is -0.497 e. The Kier molecular flexibility index (Phi) is 6.16. The minimum atomic E-state index is -0.0966. The van der Waals surface area contributed by atoms with Crippen LogP contribution in [0, 0.1) is 11.8 Å². The summed E-state index contributed by atoms with van der Waals surface area (Å²) in [6.45, 7) is 5.70. The van der Waals surface area contributed by atoms with Crippen LogP contribution in [-0.2, 0) is 13.1 Å². The minimum absolute atomic E-state index is 0.0966. The third kappa shape index (κ3) is 3.99. The smallest absolute Gasteiger partial charge is 0.281 e. The van der Waals surface area contributed by atoms with Gasteiger partial charge in [-0.25, -0.2) is 0 Å². The Morgan fingerprint density at radius 3 is 2.76 bits per heavy atom. The van der Waals surface area contributed by atoms with Crippen LogP contribution in [0.2, 0.25) is 0 Å². The summed E-state index contributed by atoms with van der Waals surface area (Å²) in [4.78, 5) is 29.8. The lowest BCUT2D eigenvalue weighted by atomic mass is 10.1. The summed E-state index contributed by atoms with van der Waals surface area (Å²) in [7, 11) is 1.65. The molecule has 0 saturated carbocycles. The number of imidazole rings is 1. The number of aliphatic imine (C=N–C) groups is 1. The zero-order valence-corrected chi connectivity index (χ0v) is 19.8. The van der Waals surface area contributed by atoms with Crippen LogP contribution in [0.25, 0.3) is 0 Å². The van der Waals surface area contributed by atoms with Crippen molar-refractivity contribution in [3.63, 3.8) is 0 Å². The van der Waals surface area contributed by atoms with Gasteiger partial charge in [-0.1, -0.05) is 18.1 Å². The Morgan fingerprint density at radius 2 is 2.03 bits per heavy atom. The van der Waals surface area contributed by atoms with Crippen molar-refractivity contribution < 1.29 is 9.53 Å². The summed E-state index contributed by atoms with van der Waals surface area (Å²) in [5.74, 6) is 8.93. The molecule has 3 aliphatic rings. The van der Waals surface area contributed by atoms with E-state index in [0.717, 1.165) is 56.2 Å². The number of anilines is 2. The number of nitrogens with two attached hydrogens (primary N) is 1. The van der Waals surface area contributed by atoms with Gasteiger partial charge < -0.3 is 15.4 Å². The largest absolute Gasteiger partial charge is 0.497 e. The first-order valence-corrected chi connectivity index (χ1v) is 11.9. The second-order valence-corrected chi connectivity index (χ2v) is 8.87. The second-order valence-electron chi connectivity index (χ2n) is 8.87. The van der Waals surface area contributed by atoms with Crippen LogP contribution in [0.15, 0.2) is 29.3 Å². The van der Waals surface area contributed by atoms with Gasteiger partial charge in [0.1, 0.15) is 5.75 Å². The zero-order chi connectivity index (χ0) is 23.7. The third-order valence-corrected chi connectivity index (χ3v) is 6.56. The molecule has 0 unspecified atom stereocenters. The summed E-state index contributed by atoms with van der Waals surface area (Å²) < 4.78 is 7.25. The molecule has 0 radical (unpaired) electrons. The molecule has 0 spiro atoms. The standard InChI is InChI=1S/C25H31N7O2/c1-3-4-14-30-21-22(28-25(30)29-13-5-7-19(26)17-29)31-15-6-12-27-24(31)32(23(21)33)16-18-8-10-20(34-2)11-9-18/h8-11,19H,5-7,12-17,26H2,1-2H3/t19-/m1/s1. The highest BCUT2D eigenvalue weighted by Gasteiger charge is 2.42. The molecule has 0 aliphatic carbocycles. The number of hydrogen-bond donors (Lipinski definition) is 1. The van der Waals surface area contributed by atoms with Crippen molar-refractivity contribution >= 4 is 23.6 Å². The molecule has 1 saturated heterocycles. The van der Waals surface area contributed by atoms with Crippen molar-refractivity contribution in [2.75, 3.05) is 43.1 Å². The van der Waals surface area contributed by atoms with Gasteiger partial charge in [-0.05, 0) is 43.9 Å². The SMILES string of the molecule is CC#CCn1c(N2CCC[C@@H](N)C2)nc2c1C(=O)N(Cc1ccc(OC)cc1)C1=NCCCN12. The van der Waals surface area contributed by atoms with E-state index in [0.29, 0.717) is 37.1 Å². The summed E-state index contributed by atoms with van der Waals surface area (Å²) in [6, 6.07) is 7.89. The summed E-state index contributed by atoms with van der Waals surface area (Å²) in [5.41, 5.74) is 7.86. The van der Waals surface area contributed by atoms with Crippen LogP contribution in [0.4, 0.5) is 11.8 Å². The zero-order valence-electron chi connectivity index (χ0n) is 19.8. The monoisotopic (exact) mass is 461 g/mol. The molecule has 0 bridgehead atoms. The molecule has 1 aromatic heterocycles. The molecule has 9 heteroatoms. The van der Waals surface area contributed by atoms with Gasteiger partial charge in [-0.3, -0.25) is 24.2 Å². The number of hydrogen-bond acceptors (Lipinski definition) is 7. The molecule has 1 atom stereocenters. The number of nitrogens with zero attached hydrogens (tertiary/aromatic N) is 6. The topological polar surface area (TPSA) is 92.2 Å². The van der Waals surface area contributed by atoms with Crippen LogP contribution in [0.5, 0.6) is 5.75 Å². The molecule has 4 heterocycles. The number of carbonyl (C=O) groups is 1. The van der Waals surface area contributed by atoms with E-state index in [4.69, 9.17) is 20.4 Å². The summed E-state index contributed by atoms with van der Waals surface area (Å²) >= 11 is 0. The number of ether oxygens (including phenoxy) is 1. The van der Waals surface area contributed by atoms with Gasteiger partial charge in [0.25, 0.3) is 5.91 Å². The number of benzene rings is 1. The molecule has 5 rings (SSSR count). The first kappa shape index (κ1) is 22.3. The van der Waals surface area contributed by atoms with E-state index in [1.54, 1.807) is 12.0 Å². The van der Waals surface area contributed by atoms with Crippen molar-refractivity contribution in [2.24, 2.45) is 10.7 Å². The quantitative estimate of drug-likeness (QED) is 0.686. The molecule has 1 aromatic carbocycles. The van der Waals surface area contributed by atoms with Crippen LogP contribution >= 0.6 is 0 Å². The van der Waals surface area contributed by atoms with Gasteiger partial charge in [-0.15, -0.1) is 5.92 Å². The number of carbonyl (C=O) groups excluding carboxylic acids is 1. The van der Waals surface area contributed by atoms with E-state index in [-0.39, 0.29) is 11.9 Å². The Morgan fingerprint density at radius 1 is 1.21 bits per heavy atom. The van der Waals surface area contributed by atoms with Crippen molar-refractivity contribution in [3.05, 3.63) is 35.5 Å². The first-order valence-electron chi connectivity index (χ1n) is 11.9. The number of methoxy groups -OCH3 is 1. The van der Waals surface area contributed by atoms with Crippen LogP contribution in [-0.4, -0.2) is 65.6 Å². The fourth-order valence-corrected chi connectivity index (χ4v) is 4.87. The average molecular weight is 462 g/mol. The highest BCUT2D eigenvalue weighted by atomic mass is 16.5.